The van der Waals surface area contributed by atoms with Crippen LogP contribution >= 0.6 is 11.3 Å². The van der Waals surface area contributed by atoms with E-state index in [1.54, 1.807) is 7.11 Å². The fourth-order valence-corrected chi connectivity index (χ4v) is 3.14. The van der Waals surface area contributed by atoms with Gasteiger partial charge in [0.2, 0.25) is 11.0 Å². The number of benzene rings is 1. The number of rotatable bonds is 5. The second kappa shape index (κ2) is 6.82. The van der Waals surface area contributed by atoms with Gasteiger partial charge in [-0.15, -0.1) is 10.2 Å². The van der Waals surface area contributed by atoms with Crippen LogP contribution in [0.1, 0.15) is 10.6 Å². The molecule has 1 aliphatic rings. The second-order valence-electron chi connectivity index (χ2n) is 5.24. The summed E-state index contributed by atoms with van der Waals surface area (Å²) in [5.74, 6) is 1.23. The van der Waals surface area contributed by atoms with E-state index < -0.39 is 0 Å². The summed E-state index contributed by atoms with van der Waals surface area (Å²) in [5.41, 5.74) is 6.52. The lowest BCUT2D eigenvalue weighted by Crippen LogP contribution is -2.38. The van der Waals surface area contributed by atoms with E-state index in [2.05, 4.69) is 15.5 Å². The third-order valence-corrected chi connectivity index (χ3v) is 4.48. The van der Waals surface area contributed by atoms with Crippen molar-refractivity contribution in [2.45, 2.75) is 12.8 Å². The van der Waals surface area contributed by atoms with Gasteiger partial charge in [-0.3, -0.25) is 4.79 Å². The summed E-state index contributed by atoms with van der Waals surface area (Å²) in [7, 11) is 1.61. The average Bonchev–Trinajstić information content (AvgIpc) is 2.99. The molecular formula is C15H18N4O3S. The summed E-state index contributed by atoms with van der Waals surface area (Å²) in [5, 5.41) is 11.9. The Morgan fingerprint density at radius 3 is 3.13 bits per heavy atom. The molecule has 0 spiro atoms. The molecule has 7 nitrogen and oxygen atoms in total. The molecule has 122 valence electrons. The van der Waals surface area contributed by atoms with Gasteiger partial charge in [-0.1, -0.05) is 23.5 Å². The number of aromatic nitrogens is 2. The van der Waals surface area contributed by atoms with Crippen molar-refractivity contribution in [3.8, 4) is 11.5 Å². The molecule has 1 atom stereocenters. The van der Waals surface area contributed by atoms with Gasteiger partial charge in [-0.05, 0) is 18.1 Å². The number of ether oxygens (including phenoxy) is 2. The maximum absolute atomic E-state index is 12.3. The third kappa shape index (κ3) is 3.53. The molecule has 1 aromatic heterocycles. The van der Waals surface area contributed by atoms with Crippen molar-refractivity contribution in [2.75, 3.05) is 26.0 Å². The molecule has 0 radical (unpaired) electrons. The number of nitrogen functional groups attached to an aromatic ring is 1. The van der Waals surface area contributed by atoms with Crippen molar-refractivity contribution < 1.29 is 14.3 Å². The summed E-state index contributed by atoms with van der Waals surface area (Å²) in [4.78, 5) is 12.3. The maximum atomic E-state index is 12.3. The highest BCUT2D eigenvalue weighted by Crippen LogP contribution is 2.35. The molecule has 0 unspecified atom stereocenters. The van der Waals surface area contributed by atoms with E-state index in [0.717, 1.165) is 16.3 Å². The van der Waals surface area contributed by atoms with Gasteiger partial charge in [0.15, 0.2) is 11.5 Å². The Hall–Kier alpha value is -2.35. The highest BCUT2D eigenvalue weighted by molar-refractivity contribution is 7.15. The van der Waals surface area contributed by atoms with E-state index in [0.29, 0.717) is 36.9 Å². The largest absolute Gasteiger partial charge is 0.493 e. The number of nitrogens with two attached hydrogens (primary N) is 1. The highest BCUT2D eigenvalue weighted by atomic mass is 32.1. The molecule has 0 bridgehead atoms. The van der Waals surface area contributed by atoms with Crippen LogP contribution in [0.4, 0.5) is 5.13 Å². The van der Waals surface area contributed by atoms with Gasteiger partial charge in [0.05, 0.1) is 13.0 Å². The van der Waals surface area contributed by atoms with E-state index in [1.165, 1.54) is 11.3 Å². The van der Waals surface area contributed by atoms with Crippen molar-refractivity contribution in [1.82, 2.24) is 15.5 Å². The Labute approximate surface area is 137 Å². The average molecular weight is 334 g/mol. The van der Waals surface area contributed by atoms with Gasteiger partial charge in [-0.25, -0.2) is 0 Å². The van der Waals surface area contributed by atoms with Crippen LogP contribution in [0, 0.1) is 5.92 Å². The lowest BCUT2D eigenvalue weighted by atomic mass is 9.95. The standard InChI is InChI=1S/C15H18N4O3S/c1-21-11-4-2-3-9-7-10(8-22-13(9)11)14(20)17-6-5-12-18-19-15(16)23-12/h2-4,10H,5-8H2,1H3,(H2,16,19)(H,17,20)/t10-/m1/s1. The Bertz CT molecular complexity index is 704. The van der Waals surface area contributed by atoms with E-state index in [-0.39, 0.29) is 11.8 Å². The minimum absolute atomic E-state index is 0.0176. The van der Waals surface area contributed by atoms with Crippen LogP contribution in [0.5, 0.6) is 11.5 Å². The number of hydrogen-bond acceptors (Lipinski definition) is 7. The quantitative estimate of drug-likeness (QED) is 0.847. The van der Waals surface area contributed by atoms with Crippen molar-refractivity contribution in [2.24, 2.45) is 5.92 Å². The number of methoxy groups -OCH3 is 1. The van der Waals surface area contributed by atoms with Crippen molar-refractivity contribution in [3.05, 3.63) is 28.8 Å². The third-order valence-electron chi connectivity index (χ3n) is 3.67. The van der Waals surface area contributed by atoms with Gasteiger partial charge in [0.1, 0.15) is 11.6 Å². The first-order valence-electron chi connectivity index (χ1n) is 7.31. The van der Waals surface area contributed by atoms with Crippen LogP contribution < -0.4 is 20.5 Å². The van der Waals surface area contributed by atoms with E-state index in [1.807, 2.05) is 18.2 Å². The zero-order chi connectivity index (χ0) is 16.2. The zero-order valence-corrected chi connectivity index (χ0v) is 13.6. The normalized spacial score (nSPS) is 16.3. The fourth-order valence-electron chi connectivity index (χ4n) is 2.53. The Morgan fingerprint density at radius 1 is 1.52 bits per heavy atom. The van der Waals surface area contributed by atoms with Crippen molar-refractivity contribution in [1.29, 1.82) is 0 Å². The molecule has 3 N–H and O–H groups in total. The van der Waals surface area contributed by atoms with Crippen molar-refractivity contribution >= 4 is 22.4 Å². The first-order chi connectivity index (χ1) is 11.2. The first kappa shape index (κ1) is 15.5. The number of amides is 1. The number of nitrogens with one attached hydrogen (secondary N) is 1. The van der Waals surface area contributed by atoms with Gasteiger partial charge in [0, 0.05) is 13.0 Å². The minimum Gasteiger partial charge on any atom is -0.493 e. The maximum Gasteiger partial charge on any atom is 0.226 e. The lowest BCUT2D eigenvalue weighted by Gasteiger charge is -2.25. The number of fused-ring (bicyclic) bond motifs is 1. The molecule has 0 saturated carbocycles. The molecule has 1 aliphatic heterocycles. The summed E-state index contributed by atoms with van der Waals surface area (Å²) in [6.07, 6.45) is 1.27. The molecule has 23 heavy (non-hydrogen) atoms. The predicted molar refractivity (Wildman–Crippen MR) is 86.7 cm³/mol. The SMILES string of the molecule is COc1cccc2c1OC[C@H](C(=O)NCCc1nnc(N)s1)C2. The highest BCUT2D eigenvalue weighted by Gasteiger charge is 2.27. The van der Waals surface area contributed by atoms with E-state index in [4.69, 9.17) is 15.2 Å². The molecule has 0 saturated heterocycles. The fraction of sp³-hybridized carbons (Fsp3) is 0.400. The van der Waals surface area contributed by atoms with Crippen LogP contribution in [-0.2, 0) is 17.6 Å². The molecule has 3 rings (SSSR count). The van der Waals surface area contributed by atoms with Gasteiger partial charge in [-0.2, -0.15) is 0 Å². The smallest absolute Gasteiger partial charge is 0.226 e. The predicted octanol–water partition coefficient (Wildman–Crippen LogP) is 1.04. The molecule has 0 aliphatic carbocycles. The molecule has 1 aromatic carbocycles. The van der Waals surface area contributed by atoms with Crippen molar-refractivity contribution in [3.63, 3.8) is 0 Å². The lowest BCUT2D eigenvalue weighted by molar-refractivity contribution is -0.126. The molecule has 0 fully saturated rings. The molecule has 1 amide bonds. The number of nitrogens with zero attached hydrogens (tertiary/aromatic N) is 2. The van der Waals surface area contributed by atoms with Crippen LogP contribution in [-0.4, -0.2) is 36.4 Å². The summed E-state index contributed by atoms with van der Waals surface area (Å²) in [6, 6.07) is 5.72. The van der Waals surface area contributed by atoms with Crippen LogP contribution in [0.2, 0.25) is 0 Å². The number of carbonyl (C=O) groups is 1. The minimum atomic E-state index is -0.200. The van der Waals surface area contributed by atoms with E-state index in [9.17, 15) is 4.79 Å². The summed E-state index contributed by atoms with van der Waals surface area (Å²) >= 11 is 1.34. The first-order valence-corrected chi connectivity index (χ1v) is 8.13. The number of carbonyl (C=O) groups excluding carboxylic acids is 1. The topological polar surface area (TPSA) is 99.4 Å². The van der Waals surface area contributed by atoms with Crippen LogP contribution in [0.25, 0.3) is 0 Å². The Balaban J connectivity index is 1.54. The van der Waals surface area contributed by atoms with E-state index >= 15 is 0 Å². The second-order valence-corrected chi connectivity index (χ2v) is 6.33. The van der Waals surface area contributed by atoms with Gasteiger partial charge >= 0.3 is 0 Å². The van der Waals surface area contributed by atoms with Gasteiger partial charge in [0.25, 0.3) is 0 Å². The number of hydrogen-bond donors (Lipinski definition) is 2. The zero-order valence-electron chi connectivity index (χ0n) is 12.7. The molecular weight excluding hydrogens is 316 g/mol. The number of para-hydroxylation sites is 1. The number of anilines is 1. The summed E-state index contributed by atoms with van der Waals surface area (Å²) in [6.45, 7) is 0.861. The summed E-state index contributed by atoms with van der Waals surface area (Å²) < 4.78 is 11.0. The monoisotopic (exact) mass is 334 g/mol. The van der Waals surface area contributed by atoms with Crippen LogP contribution in [0.3, 0.4) is 0 Å². The molecule has 2 heterocycles. The molecule has 2 aromatic rings. The van der Waals surface area contributed by atoms with Crippen LogP contribution in [0.15, 0.2) is 18.2 Å². The Kier molecular flexibility index (Phi) is 4.61. The molecule has 8 heteroatoms. The Morgan fingerprint density at radius 2 is 2.39 bits per heavy atom. The van der Waals surface area contributed by atoms with Gasteiger partial charge < -0.3 is 20.5 Å².